The van der Waals surface area contributed by atoms with Crippen LogP contribution in [-0.2, 0) is 6.61 Å². The molecule has 0 aliphatic heterocycles. The molecule has 0 aliphatic carbocycles. The third-order valence-corrected chi connectivity index (χ3v) is 3.45. The van der Waals surface area contributed by atoms with E-state index in [0.29, 0.717) is 22.1 Å². The fraction of sp³-hybridized carbons (Fsp3) is 0.188. The Labute approximate surface area is 128 Å². The number of ether oxygens (including phenoxy) is 2. The van der Waals surface area contributed by atoms with E-state index in [4.69, 9.17) is 26.3 Å². The van der Waals surface area contributed by atoms with Crippen molar-refractivity contribution in [1.82, 2.24) is 0 Å². The van der Waals surface area contributed by atoms with Gasteiger partial charge in [0.25, 0.3) is 6.26 Å². The highest BCUT2D eigenvalue weighted by molar-refractivity contribution is 6.31. The molecule has 5 heteroatoms. The van der Waals surface area contributed by atoms with Gasteiger partial charge in [0.2, 0.25) is 0 Å². The van der Waals surface area contributed by atoms with Crippen LogP contribution in [0.15, 0.2) is 30.3 Å². The summed E-state index contributed by atoms with van der Waals surface area (Å²) in [6, 6.07) is 8.47. The van der Waals surface area contributed by atoms with Gasteiger partial charge in [0, 0.05) is 0 Å². The van der Waals surface area contributed by atoms with Gasteiger partial charge >= 0.3 is 0 Å². The second-order valence-corrected chi connectivity index (χ2v) is 5.01. The Morgan fingerprint density at radius 2 is 1.95 bits per heavy atom. The fourth-order valence-electron chi connectivity index (χ4n) is 1.90. The highest BCUT2D eigenvalue weighted by Crippen LogP contribution is 2.31. The highest BCUT2D eigenvalue weighted by Gasteiger charge is 2.11. The molecule has 0 saturated carbocycles. The highest BCUT2D eigenvalue weighted by atomic mass is 35.5. The molecule has 0 radical (unpaired) electrons. The summed E-state index contributed by atoms with van der Waals surface area (Å²) >= 11 is 6.12. The molecule has 2 rings (SSSR count). The van der Waals surface area contributed by atoms with Crippen molar-refractivity contribution >= 4 is 11.6 Å². The Kier molecular flexibility index (Phi) is 4.56. The number of phenols is 1. The van der Waals surface area contributed by atoms with Gasteiger partial charge in [0.1, 0.15) is 23.9 Å². The third kappa shape index (κ3) is 3.39. The van der Waals surface area contributed by atoms with Gasteiger partial charge in [-0.15, -0.1) is 5.26 Å². The Hall–Kier alpha value is -2.38. The molecule has 2 aromatic rings. The zero-order valence-electron chi connectivity index (χ0n) is 11.7. The van der Waals surface area contributed by atoms with Crippen LogP contribution in [0.1, 0.15) is 16.7 Å². The molecule has 108 valence electrons. The van der Waals surface area contributed by atoms with Gasteiger partial charge < -0.3 is 14.6 Å². The van der Waals surface area contributed by atoms with Gasteiger partial charge in [-0.2, -0.15) is 0 Å². The lowest BCUT2D eigenvalue weighted by atomic mass is 10.1. The average Bonchev–Trinajstić information content (AvgIpc) is 2.44. The number of benzene rings is 2. The summed E-state index contributed by atoms with van der Waals surface area (Å²) in [4.78, 5) is 0. The molecule has 0 unspecified atom stereocenters. The number of nitrogens with zero attached hydrogens (tertiary/aromatic N) is 1. The van der Waals surface area contributed by atoms with Gasteiger partial charge in [0.05, 0.1) is 10.6 Å². The van der Waals surface area contributed by atoms with Crippen LogP contribution in [0, 0.1) is 25.4 Å². The largest absolute Gasteiger partial charge is 0.508 e. The standard InChI is InChI=1S/C16H14ClNO3/c1-10-7-16(11(2)6-14(10)19)20-8-12-13(17)4-3-5-15(12)21-9-18/h3-7,19H,8H2,1-2H3. The Morgan fingerprint density at radius 1 is 1.19 bits per heavy atom. The van der Waals surface area contributed by atoms with Crippen LogP contribution in [0.25, 0.3) is 0 Å². The normalized spacial score (nSPS) is 10.0. The van der Waals surface area contributed by atoms with Crippen molar-refractivity contribution in [2.24, 2.45) is 0 Å². The maximum absolute atomic E-state index is 9.64. The van der Waals surface area contributed by atoms with Crippen molar-refractivity contribution in [3.05, 3.63) is 52.0 Å². The number of rotatable bonds is 4. The third-order valence-electron chi connectivity index (χ3n) is 3.10. The van der Waals surface area contributed by atoms with E-state index >= 15 is 0 Å². The summed E-state index contributed by atoms with van der Waals surface area (Å²) in [7, 11) is 0. The van der Waals surface area contributed by atoms with Gasteiger partial charge in [-0.3, -0.25) is 0 Å². The number of aromatic hydroxyl groups is 1. The zero-order chi connectivity index (χ0) is 15.4. The van der Waals surface area contributed by atoms with Crippen molar-refractivity contribution < 1.29 is 14.6 Å². The molecule has 0 atom stereocenters. The van der Waals surface area contributed by atoms with Crippen LogP contribution in [0.3, 0.4) is 0 Å². The molecule has 0 saturated heterocycles. The maximum atomic E-state index is 9.64. The van der Waals surface area contributed by atoms with Crippen molar-refractivity contribution in [2.75, 3.05) is 0 Å². The summed E-state index contributed by atoms with van der Waals surface area (Å²) < 4.78 is 10.6. The van der Waals surface area contributed by atoms with E-state index in [1.807, 2.05) is 6.92 Å². The molecule has 21 heavy (non-hydrogen) atoms. The van der Waals surface area contributed by atoms with Gasteiger partial charge in [0.15, 0.2) is 0 Å². The van der Waals surface area contributed by atoms with Crippen molar-refractivity contribution in [3.8, 4) is 23.5 Å². The number of halogens is 1. The predicted octanol–water partition coefficient (Wildman–Crippen LogP) is 4.10. The van der Waals surface area contributed by atoms with Crippen LogP contribution >= 0.6 is 11.6 Å². The maximum Gasteiger partial charge on any atom is 0.292 e. The molecular weight excluding hydrogens is 290 g/mol. The van der Waals surface area contributed by atoms with Gasteiger partial charge in [-0.05, 0) is 49.2 Å². The first-order chi connectivity index (χ1) is 10.0. The summed E-state index contributed by atoms with van der Waals surface area (Å²) in [5, 5.41) is 18.8. The van der Waals surface area contributed by atoms with E-state index in [0.717, 1.165) is 11.1 Å². The van der Waals surface area contributed by atoms with Crippen molar-refractivity contribution in [3.63, 3.8) is 0 Å². The average molecular weight is 304 g/mol. The lowest BCUT2D eigenvalue weighted by molar-refractivity contribution is 0.298. The zero-order valence-corrected chi connectivity index (χ0v) is 12.4. The molecule has 0 amide bonds. The van der Waals surface area contributed by atoms with Crippen LogP contribution in [0.5, 0.6) is 17.2 Å². The second-order valence-electron chi connectivity index (χ2n) is 4.60. The lowest BCUT2D eigenvalue weighted by Crippen LogP contribution is -2.01. The molecular formula is C16H14ClNO3. The van der Waals surface area contributed by atoms with E-state index in [1.54, 1.807) is 43.5 Å². The molecule has 0 heterocycles. The molecule has 0 aliphatic rings. The number of phenolic OH excluding ortho intramolecular Hbond substituents is 1. The molecule has 0 spiro atoms. The van der Waals surface area contributed by atoms with Crippen LogP contribution < -0.4 is 9.47 Å². The van der Waals surface area contributed by atoms with E-state index in [2.05, 4.69) is 0 Å². The molecule has 1 N–H and O–H groups in total. The van der Waals surface area contributed by atoms with E-state index in [1.165, 1.54) is 0 Å². The quantitative estimate of drug-likeness (QED) is 0.864. The van der Waals surface area contributed by atoms with E-state index in [-0.39, 0.29) is 12.4 Å². The molecule has 2 aromatic carbocycles. The summed E-state index contributed by atoms with van der Waals surface area (Å²) in [6.45, 7) is 3.80. The van der Waals surface area contributed by atoms with Gasteiger partial charge in [-0.25, -0.2) is 0 Å². The number of nitriles is 1. The molecule has 0 aromatic heterocycles. The second kappa shape index (κ2) is 6.38. The SMILES string of the molecule is Cc1cc(OCc2c(Cl)cccc2OC#N)c(C)cc1O. The first-order valence-electron chi connectivity index (χ1n) is 6.29. The Balaban J connectivity index is 2.25. The predicted molar refractivity (Wildman–Crippen MR) is 79.6 cm³/mol. The van der Waals surface area contributed by atoms with E-state index in [9.17, 15) is 5.11 Å². The minimum absolute atomic E-state index is 0.168. The summed E-state index contributed by atoms with van der Waals surface area (Å²) in [5.41, 5.74) is 2.14. The fourth-order valence-corrected chi connectivity index (χ4v) is 2.12. The monoisotopic (exact) mass is 303 g/mol. The van der Waals surface area contributed by atoms with Gasteiger partial charge in [-0.1, -0.05) is 17.7 Å². The summed E-state index contributed by atoms with van der Waals surface area (Å²) in [5.74, 6) is 1.25. The molecule has 4 nitrogen and oxygen atoms in total. The number of hydrogen-bond donors (Lipinski definition) is 1. The van der Waals surface area contributed by atoms with Crippen LogP contribution in [0.4, 0.5) is 0 Å². The van der Waals surface area contributed by atoms with Crippen LogP contribution in [0.2, 0.25) is 5.02 Å². The van der Waals surface area contributed by atoms with E-state index < -0.39 is 0 Å². The topological polar surface area (TPSA) is 62.5 Å². The summed E-state index contributed by atoms with van der Waals surface area (Å²) in [6.07, 6.45) is 1.63. The lowest BCUT2D eigenvalue weighted by Gasteiger charge is -2.13. The number of hydrogen-bond acceptors (Lipinski definition) is 4. The molecule has 0 bridgehead atoms. The van der Waals surface area contributed by atoms with Crippen molar-refractivity contribution in [2.45, 2.75) is 20.5 Å². The molecule has 0 fully saturated rings. The smallest absolute Gasteiger partial charge is 0.292 e. The minimum Gasteiger partial charge on any atom is -0.508 e. The first-order valence-corrected chi connectivity index (χ1v) is 6.67. The Morgan fingerprint density at radius 3 is 2.67 bits per heavy atom. The number of aryl methyl sites for hydroxylation is 2. The Bertz CT molecular complexity index is 707. The minimum atomic E-state index is 0.168. The van der Waals surface area contributed by atoms with Crippen molar-refractivity contribution in [1.29, 1.82) is 5.26 Å². The first kappa shape index (κ1) is 15.0. The van der Waals surface area contributed by atoms with Crippen LogP contribution in [-0.4, -0.2) is 5.11 Å².